The molecule has 20 heavy (non-hydrogen) atoms. The number of fused-ring (bicyclic) bond motifs is 3. The molecule has 0 saturated carbocycles. The lowest BCUT2D eigenvalue weighted by molar-refractivity contribution is 0.390. The highest BCUT2D eigenvalue weighted by molar-refractivity contribution is 5.84. The van der Waals surface area contributed by atoms with Crippen LogP contribution in [0.3, 0.4) is 0 Å². The smallest absolute Gasteiger partial charge is 0.203 e. The molecule has 2 aliphatic rings. The summed E-state index contributed by atoms with van der Waals surface area (Å²) >= 11 is 0. The molecule has 4 rings (SSSR count). The van der Waals surface area contributed by atoms with Crippen molar-refractivity contribution in [1.82, 2.24) is 10.0 Å². The van der Waals surface area contributed by atoms with E-state index in [0.717, 1.165) is 13.0 Å². The Morgan fingerprint density at radius 2 is 1.80 bits per heavy atom. The van der Waals surface area contributed by atoms with Crippen LogP contribution in [0.1, 0.15) is 11.1 Å². The Bertz CT molecular complexity index is 703. The Kier molecular flexibility index (Phi) is 2.55. The van der Waals surface area contributed by atoms with Crippen LogP contribution in [0.5, 0.6) is 0 Å². The van der Waals surface area contributed by atoms with Crippen molar-refractivity contribution in [2.24, 2.45) is 4.99 Å². The van der Waals surface area contributed by atoms with Crippen molar-refractivity contribution in [3.05, 3.63) is 77.6 Å². The van der Waals surface area contributed by atoms with E-state index in [2.05, 4.69) is 58.9 Å². The Hall–Kier alpha value is -2.23. The molecule has 0 aliphatic carbocycles. The van der Waals surface area contributed by atoms with E-state index >= 15 is 0 Å². The van der Waals surface area contributed by atoms with Gasteiger partial charge < -0.3 is 0 Å². The second kappa shape index (κ2) is 4.40. The van der Waals surface area contributed by atoms with Crippen molar-refractivity contribution in [2.75, 3.05) is 0 Å². The lowest BCUT2D eigenvalue weighted by atomic mass is 10.1. The molecule has 0 bridgehead atoms. The topological polar surface area (TPSA) is 24.4 Å². The average Bonchev–Trinajstić information content (AvgIpc) is 3.02. The highest BCUT2D eigenvalue weighted by atomic mass is 15.7. The van der Waals surface area contributed by atoms with Crippen LogP contribution >= 0.6 is 0 Å². The SMILES string of the molecule is C1=NC=C2Cc3ccccc3[N+]12NCc1ccccc1. The first-order valence-electron chi connectivity index (χ1n) is 6.89. The predicted molar refractivity (Wildman–Crippen MR) is 81.8 cm³/mol. The van der Waals surface area contributed by atoms with Crippen molar-refractivity contribution in [1.29, 1.82) is 0 Å². The fraction of sp³-hybridized carbons (Fsp3) is 0.118. The summed E-state index contributed by atoms with van der Waals surface area (Å²) in [5, 5.41) is 0. The summed E-state index contributed by atoms with van der Waals surface area (Å²) < 4.78 is 0.574. The zero-order chi connectivity index (χ0) is 13.4. The number of benzene rings is 2. The number of para-hydroxylation sites is 1. The summed E-state index contributed by atoms with van der Waals surface area (Å²) in [6.07, 6.45) is 4.94. The van der Waals surface area contributed by atoms with Gasteiger partial charge in [0, 0.05) is 11.6 Å². The molecule has 2 heterocycles. The second-order valence-electron chi connectivity index (χ2n) is 5.23. The summed E-state index contributed by atoms with van der Waals surface area (Å²) in [7, 11) is 0. The normalized spacial score (nSPS) is 22.5. The second-order valence-corrected chi connectivity index (χ2v) is 5.23. The molecule has 2 aromatic rings. The molecule has 1 N–H and O–H groups in total. The quantitative estimate of drug-likeness (QED) is 0.844. The number of allylic oxidation sites excluding steroid dienone is 1. The van der Waals surface area contributed by atoms with Gasteiger partial charge in [-0.25, -0.2) is 4.99 Å². The van der Waals surface area contributed by atoms with E-state index in [1.165, 1.54) is 22.5 Å². The highest BCUT2D eigenvalue weighted by Crippen LogP contribution is 2.40. The number of hydrogen-bond acceptors (Lipinski definition) is 2. The lowest BCUT2D eigenvalue weighted by Crippen LogP contribution is -2.54. The molecule has 98 valence electrons. The van der Waals surface area contributed by atoms with Crippen molar-refractivity contribution >= 4 is 12.0 Å². The van der Waals surface area contributed by atoms with Gasteiger partial charge in [0.05, 0.1) is 19.2 Å². The first kappa shape index (κ1) is 11.6. The van der Waals surface area contributed by atoms with Crippen LogP contribution in [0.25, 0.3) is 0 Å². The van der Waals surface area contributed by atoms with Gasteiger partial charge in [0.15, 0.2) is 11.4 Å². The van der Waals surface area contributed by atoms with Gasteiger partial charge >= 0.3 is 0 Å². The van der Waals surface area contributed by atoms with Crippen molar-refractivity contribution in [2.45, 2.75) is 13.0 Å². The first-order valence-corrected chi connectivity index (χ1v) is 6.89. The third-order valence-corrected chi connectivity index (χ3v) is 4.04. The molecule has 1 atom stereocenters. The van der Waals surface area contributed by atoms with Gasteiger partial charge in [0.2, 0.25) is 6.34 Å². The van der Waals surface area contributed by atoms with Crippen LogP contribution < -0.4 is 10.0 Å². The van der Waals surface area contributed by atoms with E-state index in [1.807, 2.05) is 18.6 Å². The molecule has 3 nitrogen and oxygen atoms in total. The van der Waals surface area contributed by atoms with Crippen molar-refractivity contribution < 1.29 is 0 Å². The fourth-order valence-electron chi connectivity index (χ4n) is 3.01. The molecule has 3 heteroatoms. The molecule has 0 fully saturated rings. The van der Waals surface area contributed by atoms with E-state index in [-0.39, 0.29) is 0 Å². The van der Waals surface area contributed by atoms with Crippen LogP contribution in [-0.2, 0) is 13.0 Å². The monoisotopic (exact) mass is 262 g/mol. The van der Waals surface area contributed by atoms with Gasteiger partial charge in [-0.15, -0.1) is 10.0 Å². The lowest BCUT2D eigenvalue weighted by Gasteiger charge is -2.27. The number of nitrogens with zero attached hydrogens (tertiary/aromatic N) is 2. The summed E-state index contributed by atoms with van der Waals surface area (Å²) in [5.41, 5.74) is 8.89. The Morgan fingerprint density at radius 1 is 1.00 bits per heavy atom. The molecular formula is C17H16N3+. The van der Waals surface area contributed by atoms with Crippen LogP contribution in [0.15, 0.2) is 71.5 Å². The molecule has 0 spiro atoms. The first-order chi connectivity index (χ1) is 9.88. The minimum absolute atomic E-state index is 0.574. The largest absolute Gasteiger partial charge is 0.220 e. The Labute approximate surface area is 118 Å². The third kappa shape index (κ3) is 1.64. The van der Waals surface area contributed by atoms with Gasteiger partial charge in [0.25, 0.3) is 0 Å². The van der Waals surface area contributed by atoms with Crippen molar-refractivity contribution in [3.8, 4) is 0 Å². The minimum Gasteiger partial charge on any atom is -0.203 e. The summed E-state index contributed by atoms with van der Waals surface area (Å²) in [5.74, 6) is 0. The van der Waals surface area contributed by atoms with Crippen LogP contribution in [-0.4, -0.2) is 6.34 Å². The number of nitrogens with one attached hydrogen (secondary N) is 1. The van der Waals surface area contributed by atoms with Gasteiger partial charge in [0.1, 0.15) is 0 Å². The van der Waals surface area contributed by atoms with E-state index < -0.39 is 0 Å². The molecule has 1 unspecified atom stereocenters. The number of quaternary nitrogens is 1. The summed E-state index contributed by atoms with van der Waals surface area (Å²) in [6.45, 7) is 0.818. The van der Waals surface area contributed by atoms with Crippen LogP contribution in [0, 0.1) is 0 Å². The molecule has 0 radical (unpaired) electrons. The third-order valence-electron chi connectivity index (χ3n) is 4.04. The Morgan fingerprint density at radius 3 is 2.70 bits per heavy atom. The highest BCUT2D eigenvalue weighted by Gasteiger charge is 2.45. The zero-order valence-electron chi connectivity index (χ0n) is 11.2. The molecule has 0 aromatic heterocycles. The van der Waals surface area contributed by atoms with Crippen molar-refractivity contribution in [3.63, 3.8) is 0 Å². The maximum atomic E-state index is 4.37. The van der Waals surface area contributed by atoms with Crippen LogP contribution in [0.2, 0.25) is 0 Å². The summed E-state index contributed by atoms with van der Waals surface area (Å²) in [4.78, 5) is 4.37. The van der Waals surface area contributed by atoms with E-state index in [4.69, 9.17) is 0 Å². The average molecular weight is 262 g/mol. The van der Waals surface area contributed by atoms with Gasteiger partial charge in [-0.3, -0.25) is 0 Å². The molecule has 0 saturated heterocycles. The standard InChI is InChI=1S/C17H16N3/c1-2-6-14(7-3-1)11-19-20-13-18-12-16(20)10-15-8-4-5-9-17(15)20/h1-9,12-13,19H,10-11H2/q+1. The zero-order valence-corrected chi connectivity index (χ0v) is 11.2. The van der Waals surface area contributed by atoms with Gasteiger partial charge in [-0.1, -0.05) is 48.5 Å². The molecule has 2 aliphatic heterocycles. The van der Waals surface area contributed by atoms with Gasteiger partial charge in [-0.05, 0) is 5.56 Å². The molecule has 0 amide bonds. The summed E-state index contributed by atoms with van der Waals surface area (Å²) in [6, 6.07) is 19.1. The maximum absolute atomic E-state index is 4.37. The van der Waals surface area contributed by atoms with E-state index in [1.54, 1.807) is 0 Å². The van der Waals surface area contributed by atoms with Gasteiger partial charge in [-0.2, -0.15) is 0 Å². The predicted octanol–water partition coefficient (Wildman–Crippen LogP) is 3.14. The molecule has 2 aromatic carbocycles. The number of aliphatic imine (C=N–C) groups is 1. The van der Waals surface area contributed by atoms with Crippen LogP contribution in [0.4, 0.5) is 5.69 Å². The Balaban J connectivity index is 1.68. The number of rotatable bonds is 3. The fourth-order valence-corrected chi connectivity index (χ4v) is 3.01. The number of hydrogen-bond donors (Lipinski definition) is 1. The van der Waals surface area contributed by atoms with E-state index in [0.29, 0.717) is 4.59 Å². The molecular weight excluding hydrogens is 246 g/mol. The maximum Gasteiger partial charge on any atom is 0.220 e. The van der Waals surface area contributed by atoms with E-state index in [9.17, 15) is 0 Å². The minimum atomic E-state index is 0.574.